The summed E-state index contributed by atoms with van der Waals surface area (Å²) in [5.74, 6) is -0.991. The van der Waals surface area contributed by atoms with Crippen molar-refractivity contribution in [1.29, 1.82) is 0 Å². The number of nitro groups is 1. The number of phenols is 1. The van der Waals surface area contributed by atoms with E-state index < -0.39 is 16.5 Å². The van der Waals surface area contributed by atoms with Crippen LogP contribution in [0.1, 0.15) is 31.2 Å². The Hall–Kier alpha value is -2.19. The number of ether oxygens (including phenoxy) is 2. The molecule has 0 unspecified atom stereocenters. The summed E-state index contributed by atoms with van der Waals surface area (Å²) in [5, 5.41) is 20.4. The molecule has 0 spiro atoms. The summed E-state index contributed by atoms with van der Waals surface area (Å²) in [5.41, 5.74) is 6.06. The van der Waals surface area contributed by atoms with Crippen molar-refractivity contribution < 1.29 is 19.5 Å². The summed E-state index contributed by atoms with van der Waals surface area (Å²) in [6.07, 6.45) is 4.57. The number of hydrogen-bond donors (Lipinski definition) is 2. The standard InChI is InChI=1S/C15H21N3O5/c1-22-15(23-2)5-3-11(4-6-15)17-9-10-7-13(18(20)21)14(19)8-12(10)16/h7-9,11,19H,3-6,16H2,1-2H3. The minimum absolute atomic E-state index is 0.0840. The number of hydrogen-bond acceptors (Lipinski definition) is 7. The number of nitrogen functional groups attached to an aromatic ring is 1. The van der Waals surface area contributed by atoms with Gasteiger partial charge in [0.1, 0.15) is 0 Å². The maximum atomic E-state index is 10.9. The maximum absolute atomic E-state index is 10.9. The lowest BCUT2D eigenvalue weighted by molar-refractivity contribution is -0.385. The van der Waals surface area contributed by atoms with Crippen LogP contribution in [0.25, 0.3) is 0 Å². The molecule has 1 aromatic rings. The summed E-state index contributed by atoms with van der Waals surface area (Å²) in [6.45, 7) is 0. The Morgan fingerprint density at radius 1 is 1.39 bits per heavy atom. The Kier molecular flexibility index (Phi) is 5.17. The smallest absolute Gasteiger partial charge is 0.311 e. The van der Waals surface area contributed by atoms with E-state index in [-0.39, 0.29) is 17.4 Å². The summed E-state index contributed by atoms with van der Waals surface area (Å²) in [6, 6.07) is 2.48. The number of aliphatic imine (C=N–C) groups is 1. The van der Waals surface area contributed by atoms with Crippen molar-refractivity contribution in [3.63, 3.8) is 0 Å². The zero-order valence-corrected chi connectivity index (χ0v) is 13.2. The first-order chi connectivity index (χ1) is 10.9. The number of nitro benzene ring substituents is 1. The Bertz CT molecular complexity index is 603. The van der Waals surface area contributed by atoms with Crippen LogP contribution in [0.3, 0.4) is 0 Å². The SMILES string of the molecule is COC1(OC)CCC(N=Cc2cc([N+](=O)[O-])c(O)cc2N)CC1. The van der Waals surface area contributed by atoms with Crippen LogP contribution in [0.15, 0.2) is 17.1 Å². The first-order valence-corrected chi connectivity index (χ1v) is 7.31. The lowest BCUT2D eigenvalue weighted by Crippen LogP contribution is -2.39. The van der Waals surface area contributed by atoms with E-state index in [1.165, 1.54) is 18.3 Å². The fraction of sp³-hybridized carbons (Fsp3) is 0.533. The number of nitrogens with zero attached hydrogens (tertiary/aromatic N) is 2. The number of aromatic hydroxyl groups is 1. The zero-order valence-electron chi connectivity index (χ0n) is 13.2. The number of anilines is 1. The third-order valence-electron chi connectivity index (χ3n) is 4.26. The molecule has 1 saturated carbocycles. The molecule has 8 heteroatoms. The van der Waals surface area contributed by atoms with Crippen LogP contribution in [-0.4, -0.2) is 42.3 Å². The normalized spacial score (nSPS) is 18.3. The molecule has 3 N–H and O–H groups in total. The van der Waals surface area contributed by atoms with Crippen molar-refractivity contribution in [3.05, 3.63) is 27.8 Å². The van der Waals surface area contributed by atoms with Crippen LogP contribution in [0.5, 0.6) is 5.75 Å². The Morgan fingerprint density at radius 2 is 2.00 bits per heavy atom. The first-order valence-electron chi connectivity index (χ1n) is 7.31. The minimum Gasteiger partial charge on any atom is -0.502 e. The van der Waals surface area contributed by atoms with E-state index in [2.05, 4.69) is 4.99 Å². The van der Waals surface area contributed by atoms with Crippen molar-refractivity contribution in [3.8, 4) is 5.75 Å². The van der Waals surface area contributed by atoms with Crippen molar-refractivity contribution in [2.24, 2.45) is 4.99 Å². The van der Waals surface area contributed by atoms with Gasteiger partial charge in [0.15, 0.2) is 11.5 Å². The summed E-state index contributed by atoms with van der Waals surface area (Å²) < 4.78 is 10.8. The van der Waals surface area contributed by atoms with E-state index in [1.807, 2.05) is 0 Å². The number of methoxy groups -OCH3 is 2. The molecule has 0 heterocycles. The average Bonchev–Trinajstić information content (AvgIpc) is 2.54. The average molecular weight is 323 g/mol. The van der Waals surface area contributed by atoms with Crippen molar-refractivity contribution >= 4 is 17.6 Å². The molecule has 1 aliphatic carbocycles. The molecule has 0 aliphatic heterocycles. The molecule has 1 fully saturated rings. The lowest BCUT2D eigenvalue weighted by atomic mass is 9.90. The van der Waals surface area contributed by atoms with E-state index in [4.69, 9.17) is 15.2 Å². The molecule has 0 radical (unpaired) electrons. The van der Waals surface area contributed by atoms with Gasteiger partial charge in [0.05, 0.1) is 11.0 Å². The van der Waals surface area contributed by atoms with Gasteiger partial charge >= 0.3 is 5.69 Å². The fourth-order valence-electron chi connectivity index (χ4n) is 2.74. The van der Waals surface area contributed by atoms with Crippen LogP contribution < -0.4 is 5.73 Å². The summed E-state index contributed by atoms with van der Waals surface area (Å²) >= 11 is 0. The van der Waals surface area contributed by atoms with Crippen molar-refractivity contribution in [2.45, 2.75) is 37.5 Å². The van der Waals surface area contributed by atoms with E-state index in [1.54, 1.807) is 14.2 Å². The van der Waals surface area contributed by atoms with E-state index in [0.29, 0.717) is 5.56 Å². The molecule has 126 valence electrons. The topological polar surface area (TPSA) is 120 Å². The quantitative estimate of drug-likeness (QED) is 0.282. The highest BCUT2D eigenvalue weighted by Crippen LogP contribution is 2.34. The predicted molar refractivity (Wildman–Crippen MR) is 85.8 cm³/mol. The van der Waals surface area contributed by atoms with Crippen LogP contribution in [0.4, 0.5) is 11.4 Å². The number of phenolic OH excluding ortho intramolecular Hbond substituents is 1. The van der Waals surface area contributed by atoms with Gasteiger partial charge in [-0.2, -0.15) is 0 Å². The highest BCUT2D eigenvalue weighted by Gasteiger charge is 2.35. The maximum Gasteiger partial charge on any atom is 0.311 e. The minimum atomic E-state index is -0.655. The largest absolute Gasteiger partial charge is 0.502 e. The predicted octanol–water partition coefficient (Wildman–Crippen LogP) is 2.23. The molecule has 2 rings (SSSR count). The molecule has 0 amide bonds. The number of rotatable bonds is 5. The monoisotopic (exact) mass is 323 g/mol. The van der Waals surface area contributed by atoms with Gasteiger partial charge in [-0.1, -0.05) is 0 Å². The number of benzene rings is 1. The van der Waals surface area contributed by atoms with Gasteiger partial charge in [-0.3, -0.25) is 15.1 Å². The highest BCUT2D eigenvalue weighted by molar-refractivity contribution is 5.89. The Morgan fingerprint density at radius 3 is 2.52 bits per heavy atom. The lowest BCUT2D eigenvalue weighted by Gasteiger charge is -2.36. The van der Waals surface area contributed by atoms with E-state index >= 15 is 0 Å². The molecular weight excluding hydrogens is 302 g/mol. The third kappa shape index (κ3) is 3.77. The van der Waals surface area contributed by atoms with Crippen LogP contribution in [-0.2, 0) is 9.47 Å². The molecule has 0 atom stereocenters. The Labute approximate surface area is 134 Å². The van der Waals surface area contributed by atoms with Crippen LogP contribution in [0, 0.1) is 10.1 Å². The molecule has 0 saturated heterocycles. The van der Waals surface area contributed by atoms with Crippen molar-refractivity contribution in [2.75, 3.05) is 20.0 Å². The van der Waals surface area contributed by atoms with Crippen molar-refractivity contribution in [1.82, 2.24) is 0 Å². The number of nitrogens with two attached hydrogens (primary N) is 1. The first kappa shape index (κ1) is 17.2. The fourth-order valence-corrected chi connectivity index (χ4v) is 2.74. The van der Waals surface area contributed by atoms with Gasteiger partial charge in [0.25, 0.3) is 0 Å². The molecule has 23 heavy (non-hydrogen) atoms. The van der Waals surface area contributed by atoms with Gasteiger partial charge in [-0.05, 0) is 12.8 Å². The molecule has 1 aromatic carbocycles. The Balaban J connectivity index is 2.10. The molecule has 1 aliphatic rings. The molecule has 0 bridgehead atoms. The second-order valence-electron chi connectivity index (χ2n) is 5.56. The van der Waals surface area contributed by atoms with Crippen LogP contribution in [0.2, 0.25) is 0 Å². The van der Waals surface area contributed by atoms with Crippen LogP contribution >= 0.6 is 0 Å². The summed E-state index contributed by atoms with van der Waals surface area (Å²) in [7, 11) is 3.26. The van der Waals surface area contributed by atoms with E-state index in [0.717, 1.165) is 25.7 Å². The van der Waals surface area contributed by atoms with Gasteiger partial charge in [0.2, 0.25) is 0 Å². The van der Waals surface area contributed by atoms with Gasteiger partial charge < -0.3 is 20.3 Å². The molecule has 8 nitrogen and oxygen atoms in total. The highest BCUT2D eigenvalue weighted by atomic mass is 16.7. The van der Waals surface area contributed by atoms with Gasteiger partial charge in [-0.25, -0.2) is 0 Å². The molecular formula is C15H21N3O5. The second kappa shape index (κ2) is 6.93. The zero-order chi connectivity index (χ0) is 17.0. The van der Waals surface area contributed by atoms with E-state index in [9.17, 15) is 15.2 Å². The molecule has 0 aromatic heterocycles. The summed E-state index contributed by atoms with van der Waals surface area (Å²) in [4.78, 5) is 14.7. The second-order valence-corrected chi connectivity index (χ2v) is 5.56. The van der Waals surface area contributed by atoms with Gasteiger partial charge in [-0.15, -0.1) is 0 Å². The van der Waals surface area contributed by atoms with Gasteiger partial charge in [0, 0.05) is 56.7 Å². The third-order valence-corrected chi connectivity index (χ3v) is 4.26.